The summed E-state index contributed by atoms with van der Waals surface area (Å²) in [5.74, 6) is -0.0142. The molecule has 0 atom stereocenters. The Balaban J connectivity index is 2.71. The highest BCUT2D eigenvalue weighted by atomic mass is 35.5. The number of halogens is 1. The third-order valence-corrected chi connectivity index (χ3v) is 2.07. The average Bonchev–Trinajstić information content (AvgIpc) is 2.15. The van der Waals surface area contributed by atoms with Gasteiger partial charge < -0.3 is 5.11 Å². The quantitative estimate of drug-likeness (QED) is 0.754. The topological polar surface area (TPSA) is 37.3 Å². The van der Waals surface area contributed by atoms with Gasteiger partial charge in [-0.3, -0.25) is 4.79 Å². The van der Waals surface area contributed by atoms with E-state index in [1.165, 1.54) is 0 Å². The fraction of sp³-hybridized carbons (Fsp3) is 0.300. The number of rotatable bonds is 4. The molecule has 70 valence electrons. The number of carbonyl (C=O) groups excluding carboxylic acids is 1. The maximum atomic E-state index is 11.4. The summed E-state index contributed by atoms with van der Waals surface area (Å²) in [5, 5.41) is 9.02. The zero-order valence-corrected chi connectivity index (χ0v) is 7.92. The zero-order valence-electron chi connectivity index (χ0n) is 7.16. The first-order valence-electron chi connectivity index (χ1n) is 4.14. The number of aliphatic hydroxyl groups is 1. The molecule has 1 N–H and O–H groups in total. The Kier molecular flexibility index (Phi) is 3.93. The van der Waals surface area contributed by atoms with Gasteiger partial charge in [-0.2, -0.15) is 0 Å². The van der Waals surface area contributed by atoms with Crippen LogP contribution in [0.4, 0.5) is 0 Å². The molecular weight excluding hydrogens is 188 g/mol. The number of aliphatic hydroxyl groups excluding tert-OH is 1. The van der Waals surface area contributed by atoms with Gasteiger partial charge in [-0.05, 0) is 18.6 Å². The second-order valence-corrected chi connectivity index (χ2v) is 3.14. The lowest BCUT2D eigenvalue weighted by Gasteiger charge is -2.01. The standard InChI is InChI=1S/C10H11ClO2/c11-9-5-2-1-4-8(9)10(13)6-3-7-12/h1-2,4-5,12H,3,6-7H2. The minimum Gasteiger partial charge on any atom is -0.396 e. The summed E-state index contributed by atoms with van der Waals surface area (Å²) in [4.78, 5) is 11.4. The minimum atomic E-state index is -0.0142. The van der Waals surface area contributed by atoms with Crippen molar-refractivity contribution in [2.75, 3.05) is 6.61 Å². The van der Waals surface area contributed by atoms with Gasteiger partial charge >= 0.3 is 0 Å². The first-order valence-corrected chi connectivity index (χ1v) is 4.52. The van der Waals surface area contributed by atoms with Crippen molar-refractivity contribution in [2.24, 2.45) is 0 Å². The molecule has 1 rings (SSSR count). The van der Waals surface area contributed by atoms with Gasteiger partial charge in [0.2, 0.25) is 0 Å². The summed E-state index contributed by atoms with van der Waals surface area (Å²) in [6.45, 7) is 0.0379. The fourth-order valence-corrected chi connectivity index (χ4v) is 1.30. The molecule has 1 aromatic carbocycles. The Bertz CT molecular complexity index is 297. The number of hydrogen-bond acceptors (Lipinski definition) is 2. The molecule has 0 saturated carbocycles. The van der Waals surface area contributed by atoms with Crippen molar-refractivity contribution in [2.45, 2.75) is 12.8 Å². The van der Waals surface area contributed by atoms with E-state index in [2.05, 4.69) is 0 Å². The maximum absolute atomic E-state index is 11.4. The third-order valence-electron chi connectivity index (χ3n) is 1.74. The van der Waals surface area contributed by atoms with Gasteiger partial charge in [-0.25, -0.2) is 0 Å². The smallest absolute Gasteiger partial charge is 0.164 e. The lowest BCUT2D eigenvalue weighted by atomic mass is 10.1. The van der Waals surface area contributed by atoms with E-state index in [9.17, 15) is 4.79 Å². The van der Waals surface area contributed by atoms with Gasteiger partial charge in [0.15, 0.2) is 5.78 Å². The van der Waals surface area contributed by atoms with Crippen LogP contribution >= 0.6 is 11.6 Å². The van der Waals surface area contributed by atoms with Crippen LogP contribution in [-0.4, -0.2) is 17.5 Å². The normalized spacial score (nSPS) is 10.0. The second-order valence-electron chi connectivity index (χ2n) is 2.73. The molecule has 0 radical (unpaired) electrons. The molecule has 0 unspecified atom stereocenters. The van der Waals surface area contributed by atoms with Crippen LogP contribution in [0.5, 0.6) is 0 Å². The molecule has 0 spiro atoms. The highest BCUT2D eigenvalue weighted by Gasteiger charge is 2.08. The Morgan fingerprint density at radius 2 is 2.08 bits per heavy atom. The third kappa shape index (κ3) is 2.83. The zero-order chi connectivity index (χ0) is 9.68. The van der Waals surface area contributed by atoms with E-state index in [1.54, 1.807) is 24.3 Å². The number of Topliss-reactive ketones (excluding diaryl/α,β-unsaturated/α-hetero) is 1. The molecule has 13 heavy (non-hydrogen) atoms. The van der Waals surface area contributed by atoms with Crippen molar-refractivity contribution < 1.29 is 9.90 Å². The molecule has 3 heteroatoms. The highest BCUT2D eigenvalue weighted by molar-refractivity contribution is 6.33. The van der Waals surface area contributed by atoms with Crippen LogP contribution in [0.25, 0.3) is 0 Å². The van der Waals surface area contributed by atoms with Crippen LogP contribution in [0.1, 0.15) is 23.2 Å². The Morgan fingerprint density at radius 3 is 2.69 bits per heavy atom. The van der Waals surface area contributed by atoms with E-state index in [0.717, 1.165) is 0 Å². The van der Waals surface area contributed by atoms with E-state index in [-0.39, 0.29) is 12.4 Å². The summed E-state index contributed by atoms with van der Waals surface area (Å²) >= 11 is 5.81. The van der Waals surface area contributed by atoms with Crippen LogP contribution in [-0.2, 0) is 0 Å². The molecular formula is C10H11ClO2. The van der Waals surface area contributed by atoms with E-state index in [1.807, 2.05) is 0 Å². The van der Waals surface area contributed by atoms with Crippen LogP contribution in [0.15, 0.2) is 24.3 Å². The van der Waals surface area contributed by atoms with E-state index in [4.69, 9.17) is 16.7 Å². The molecule has 0 saturated heterocycles. The molecule has 2 nitrogen and oxygen atoms in total. The van der Waals surface area contributed by atoms with Gasteiger partial charge in [0.1, 0.15) is 0 Å². The summed E-state index contributed by atoms with van der Waals surface area (Å²) < 4.78 is 0. The van der Waals surface area contributed by atoms with Gasteiger partial charge in [0.25, 0.3) is 0 Å². The maximum Gasteiger partial charge on any atom is 0.164 e. The molecule has 0 bridgehead atoms. The molecule has 0 aliphatic rings. The SMILES string of the molecule is O=C(CCCO)c1ccccc1Cl. The summed E-state index contributed by atoms with van der Waals surface area (Å²) in [6.07, 6.45) is 0.838. The van der Waals surface area contributed by atoms with Crippen LogP contribution < -0.4 is 0 Å². The van der Waals surface area contributed by atoms with Crippen molar-refractivity contribution in [3.05, 3.63) is 34.9 Å². The van der Waals surface area contributed by atoms with Crippen molar-refractivity contribution in [1.29, 1.82) is 0 Å². The van der Waals surface area contributed by atoms with Gasteiger partial charge in [-0.15, -0.1) is 0 Å². The average molecular weight is 199 g/mol. The fourth-order valence-electron chi connectivity index (χ4n) is 1.06. The molecule has 0 heterocycles. The van der Waals surface area contributed by atoms with Gasteiger partial charge in [-0.1, -0.05) is 23.7 Å². The first-order chi connectivity index (χ1) is 6.25. The van der Waals surface area contributed by atoms with Crippen molar-refractivity contribution in [3.8, 4) is 0 Å². The van der Waals surface area contributed by atoms with Crippen molar-refractivity contribution in [3.63, 3.8) is 0 Å². The summed E-state index contributed by atoms with van der Waals surface area (Å²) in [5.41, 5.74) is 0.539. The Hall–Kier alpha value is -0.860. The summed E-state index contributed by atoms with van der Waals surface area (Å²) in [7, 11) is 0. The molecule has 0 aliphatic carbocycles. The minimum absolute atomic E-state index is 0.0142. The number of benzene rings is 1. The van der Waals surface area contributed by atoms with Crippen LogP contribution in [0, 0.1) is 0 Å². The molecule has 0 aromatic heterocycles. The Labute approximate surface area is 82.2 Å². The van der Waals surface area contributed by atoms with Crippen LogP contribution in [0.2, 0.25) is 5.02 Å². The molecule has 0 fully saturated rings. The van der Waals surface area contributed by atoms with Crippen molar-refractivity contribution >= 4 is 17.4 Å². The van der Waals surface area contributed by atoms with E-state index >= 15 is 0 Å². The van der Waals surface area contributed by atoms with Crippen molar-refractivity contribution in [1.82, 2.24) is 0 Å². The predicted octanol–water partition coefficient (Wildman–Crippen LogP) is 2.30. The lowest BCUT2D eigenvalue weighted by molar-refractivity contribution is 0.0971. The number of hydrogen-bond donors (Lipinski definition) is 1. The monoisotopic (exact) mass is 198 g/mol. The molecule has 0 aliphatic heterocycles. The highest BCUT2D eigenvalue weighted by Crippen LogP contribution is 2.16. The van der Waals surface area contributed by atoms with Gasteiger partial charge in [0.05, 0.1) is 5.02 Å². The van der Waals surface area contributed by atoms with E-state index in [0.29, 0.717) is 23.4 Å². The largest absolute Gasteiger partial charge is 0.396 e. The molecule has 1 aromatic rings. The molecule has 0 amide bonds. The van der Waals surface area contributed by atoms with Gasteiger partial charge in [0, 0.05) is 18.6 Å². The lowest BCUT2D eigenvalue weighted by Crippen LogP contribution is -2.00. The second kappa shape index (κ2) is 5.00. The number of carbonyl (C=O) groups is 1. The predicted molar refractivity (Wildman–Crippen MR) is 52.1 cm³/mol. The van der Waals surface area contributed by atoms with Crippen LogP contribution in [0.3, 0.4) is 0 Å². The summed E-state index contributed by atoms with van der Waals surface area (Å²) in [6, 6.07) is 6.94. The Morgan fingerprint density at radius 1 is 1.38 bits per heavy atom. The number of ketones is 1. The van der Waals surface area contributed by atoms with E-state index < -0.39 is 0 Å². The first kappa shape index (κ1) is 10.2.